The Morgan fingerprint density at radius 2 is 1.81 bits per heavy atom. The molecule has 0 unspecified atom stereocenters. The number of carbonyl (C=O) groups is 2. The summed E-state index contributed by atoms with van der Waals surface area (Å²) in [5.41, 5.74) is 0.945. The molecule has 0 aliphatic carbocycles. The molecule has 2 heterocycles. The minimum Gasteiger partial charge on any atom is -0.493 e. The summed E-state index contributed by atoms with van der Waals surface area (Å²) in [5, 5.41) is 0. The Morgan fingerprint density at radius 1 is 1.06 bits per heavy atom. The zero-order chi connectivity index (χ0) is 22.7. The number of piperidine rings is 1. The zero-order valence-corrected chi connectivity index (χ0v) is 18.8. The predicted molar refractivity (Wildman–Crippen MR) is 119 cm³/mol. The Hall–Kier alpha value is -3.22. The smallest absolute Gasteiger partial charge is 0.260 e. The number of ether oxygens (including phenoxy) is 4. The van der Waals surface area contributed by atoms with Crippen LogP contribution in [-0.2, 0) is 11.2 Å². The van der Waals surface area contributed by atoms with Gasteiger partial charge < -0.3 is 23.8 Å². The highest BCUT2D eigenvalue weighted by Gasteiger charge is 2.45. The molecule has 4 rings (SSSR count). The largest absolute Gasteiger partial charge is 0.493 e. The van der Waals surface area contributed by atoms with Gasteiger partial charge in [0.05, 0.1) is 26.2 Å². The van der Waals surface area contributed by atoms with Gasteiger partial charge >= 0.3 is 0 Å². The van der Waals surface area contributed by atoms with Crippen molar-refractivity contribution in [2.24, 2.45) is 0 Å². The Balaban J connectivity index is 1.42. The van der Waals surface area contributed by atoms with Gasteiger partial charge in [-0.25, -0.2) is 0 Å². The number of likely N-dealkylation sites (tertiary alicyclic amines) is 1. The highest BCUT2D eigenvalue weighted by Crippen LogP contribution is 2.47. The topological polar surface area (TPSA) is 74.3 Å². The highest BCUT2D eigenvalue weighted by molar-refractivity contribution is 6.01. The summed E-state index contributed by atoms with van der Waals surface area (Å²) in [6.45, 7) is 3.07. The van der Waals surface area contributed by atoms with Crippen LogP contribution >= 0.6 is 0 Å². The van der Waals surface area contributed by atoms with Crippen LogP contribution < -0.4 is 18.9 Å². The zero-order valence-electron chi connectivity index (χ0n) is 18.8. The number of nitrogens with zero attached hydrogens (tertiary/aromatic N) is 1. The van der Waals surface area contributed by atoms with Crippen molar-refractivity contribution < 1.29 is 28.5 Å². The molecule has 7 nitrogen and oxygen atoms in total. The summed E-state index contributed by atoms with van der Waals surface area (Å²) in [6, 6.07) is 11.2. The second-order valence-corrected chi connectivity index (χ2v) is 8.19. The molecule has 0 aromatic heterocycles. The molecule has 0 atom stereocenters. The van der Waals surface area contributed by atoms with Crippen LogP contribution in [0.3, 0.4) is 0 Å². The fourth-order valence-electron chi connectivity index (χ4n) is 4.47. The molecule has 7 heteroatoms. The number of carbonyl (C=O) groups excluding carboxylic acids is 2. The van der Waals surface area contributed by atoms with E-state index in [9.17, 15) is 9.59 Å². The van der Waals surface area contributed by atoms with Crippen molar-refractivity contribution in [2.75, 3.05) is 33.9 Å². The maximum atomic E-state index is 12.9. The van der Waals surface area contributed by atoms with Crippen LogP contribution in [0.1, 0.15) is 42.1 Å². The van der Waals surface area contributed by atoms with Gasteiger partial charge in [0.1, 0.15) is 11.4 Å². The molecule has 2 aromatic rings. The van der Waals surface area contributed by atoms with E-state index in [-0.39, 0.29) is 24.7 Å². The highest BCUT2D eigenvalue weighted by atomic mass is 16.5. The summed E-state index contributed by atoms with van der Waals surface area (Å²) in [6.07, 6.45) is 2.27. The van der Waals surface area contributed by atoms with Gasteiger partial charge in [-0.15, -0.1) is 0 Å². The standard InChI is InChI=1S/C25H29NO6/c1-4-17-7-5-6-8-20(17)31-16-22(28)26-13-11-25(12-14-26)15-19(27)18-9-10-21(29-2)24(30-3)23(18)32-25/h5-10H,4,11-16H2,1-3H3. The van der Waals surface area contributed by atoms with Gasteiger partial charge in [0.25, 0.3) is 5.91 Å². The molecule has 2 aliphatic rings. The first kappa shape index (κ1) is 22.0. The molecule has 1 amide bonds. The number of hydrogen-bond acceptors (Lipinski definition) is 6. The van der Waals surface area contributed by atoms with Gasteiger partial charge in [-0.1, -0.05) is 25.1 Å². The monoisotopic (exact) mass is 439 g/mol. The second kappa shape index (κ2) is 9.10. The molecule has 1 saturated heterocycles. The second-order valence-electron chi connectivity index (χ2n) is 8.19. The van der Waals surface area contributed by atoms with Crippen LogP contribution in [0.4, 0.5) is 0 Å². The third-order valence-corrected chi connectivity index (χ3v) is 6.33. The minimum atomic E-state index is -0.643. The van der Waals surface area contributed by atoms with Crippen molar-refractivity contribution >= 4 is 11.7 Å². The lowest BCUT2D eigenvalue weighted by atomic mass is 9.82. The van der Waals surface area contributed by atoms with Gasteiger partial charge in [-0.3, -0.25) is 9.59 Å². The predicted octanol–water partition coefficient (Wildman–Crippen LogP) is 3.67. The number of amides is 1. The van der Waals surface area contributed by atoms with E-state index >= 15 is 0 Å². The maximum absolute atomic E-state index is 12.9. The molecule has 0 saturated carbocycles. The van der Waals surface area contributed by atoms with Crippen molar-refractivity contribution in [3.63, 3.8) is 0 Å². The lowest BCUT2D eigenvalue weighted by Crippen LogP contribution is -2.53. The number of para-hydroxylation sites is 1. The van der Waals surface area contributed by atoms with E-state index < -0.39 is 5.60 Å². The molecule has 0 radical (unpaired) electrons. The van der Waals surface area contributed by atoms with E-state index in [1.165, 1.54) is 7.11 Å². The molecular formula is C25H29NO6. The SMILES string of the molecule is CCc1ccccc1OCC(=O)N1CCC2(CC1)CC(=O)c1ccc(OC)c(OC)c1O2. The third-order valence-electron chi connectivity index (χ3n) is 6.33. The Labute approximate surface area is 188 Å². The van der Waals surface area contributed by atoms with Crippen molar-refractivity contribution in [1.29, 1.82) is 0 Å². The first-order valence-electron chi connectivity index (χ1n) is 11.0. The van der Waals surface area contributed by atoms with E-state index in [1.54, 1.807) is 24.1 Å². The van der Waals surface area contributed by atoms with Crippen molar-refractivity contribution in [2.45, 2.75) is 38.2 Å². The van der Waals surface area contributed by atoms with E-state index in [0.717, 1.165) is 17.7 Å². The minimum absolute atomic E-state index is 0.00233. The van der Waals surface area contributed by atoms with Crippen LogP contribution in [0, 0.1) is 0 Å². The molecular weight excluding hydrogens is 410 g/mol. The van der Waals surface area contributed by atoms with E-state index in [0.29, 0.717) is 48.7 Å². The van der Waals surface area contributed by atoms with Crippen LogP contribution in [0.5, 0.6) is 23.0 Å². The van der Waals surface area contributed by atoms with Crippen LogP contribution in [0.15, 0.2) is 36.4 Å². The van der Waals surface area contributed by atoms with Gasteiger partial charge in [0.2, 0.25) is 5.75 Å². The number of hydrogen-bond donors (Lipinski definition) is 0. The van der Waals surface area contributed by atoms with Crippen molar-refractivity contribution in [3.8, 4) is 23.0 Å². The fourth-order valence-corrected chi connectivity index (χ4v) is 4.47. The van der Waals surface area contributed by atoms with Crippen LogP contribution in [0.2, 0.25) is 0 Å². The first-order chi connectivity index (χ1) is 15.5. The molecule has 0 bridgehead atoms. The molecule has 32 heavy (non-hydrogen) atoms. The number of aryl methyl sites for hydroxylation is 1. The number of benzene rings is 2. The summed E-state index contributed by atoms with van der Waals surface area (Å²) in [4.78, 5) is 27.4. The molecule has 170 valence electrons. The van der Waals surface area contributed by atoms with Gasteiger partial charge in [-0.05, 0) is 30.2 Å². The number of Topliss-reactive ketones (excluding diaryl/α,β-unsaturated/α-hetero) is 1. The maximum Gasteiger partial charge on any atom is 0.260 e. The quantitative estimate of drug-likeness (QED) is 0.684. The summed E-state index contributed by atoms with van der Waals surface area (Å²) in [5.74, 6) is 2.09. The Morgan fingerprint density at radius 3 is 2.50 bits per heavy atom. The van der Waals surface area contributed by atoms with Gasteiger partial charge in [0, 0.05) is 25.9 Å². The van der Waals surface area contributed by atoms with Crippen molar-refractivity contribution in [1.82, 2.24) is 4.90 Å². The summed E-state index contributed by atoms with van der Waals surface area (Å²) < 4.78 is 23.0. The molecule has 1 spiro atoms. The average molecular weight is 440 g/mol. The van der Waals surface area contributed by atoms with Gasteiger partial charge in [-0.2, -0.15) is 0 Å². The van der Waals surface area contributed by atoms with Crippen LogP contribution in [0.25, 0.3) is 0 Å². The van der Waals surface area contributed by atoms with E-state index in [1.807, 2.05) is 24.3 Å². The summed E-state index contributed by atoms with van der Waals surface area (Å²) >= 11 is 0. The molecule has 2 aliphatic heterocycles. The molecule has 0 N–H and O–H groups in total. The van der Waals surface area contributed by atoms with E-state index in [4.69, 9.17) is 18.9 Å². The summed E-state index contributed by atoms with van der Waals surface area (Å²) in [7, 11) is 3.08. The van der Waals surface area contributed by atoms with Crippen molar-refractivity contribution in [3.05, 3.63) is 47.5 Å². The van der Waals surface area contributed by atoms with Crippen LogP contribution in [-0.4, -0.2) is 56.1 Å². The Kier molecular flexibility index (Phi) is 6.26. The lowest BCUT2D eigenvalue weighted by Gasteiger charge is -2.44. The average Bonchev–Trinajstić information content (AvgIpc) is 2.82. The Bertz CT molecular complexity index is 1010. The third kappa shape index (κ3) is 4.11. The number of rotatable bonds is 6. The van der Waals surface area contributed by atoms with E-state index in [2.05, 4.69) is 6.92 Å². The number of fused-ring (bicyclic) bond motifs is 1. The van der Waals surface area contributed by atoms with Gasteiger partial charge in [0.15, 0.2) is 23.9 Å². The lowest BCUT2D eigenvalue weighted by molar-refractivity contribution is -0.137. The first-order valence-corrected chi connectivity index (χ1v) is 11.0. The normalized spacial score (nSPS) is 16.8. The number of ketones is 1. The fraction of sp³-hybridized carbons (Fsp3) is 0.440. The number of methoxy groups -OCH3 is 2. The molecule has 2 aromatic carbocycles. The molecule has 1 fully saturated rings.